The van der Waals surface area contributed by atoms with E-state index in [0.717, 1.165) is 56.4 Å². The van der Waals surface area contributed by atoms with Crippen LogP contribution in [-0.2, 0) is 25.4 Å². The SMILES string of the molecule is O=C(CCCCCCC(=O)NOc1ccc(C(F)(F)F)cc1)NO.O=C(CCCCCCC(=O)NOc1ccccc1)NO. The number of hydroxylamine groups is 4. The molecule has 4 amide bonds. The predicted molar refractivity (Wildman–Crippen MR) is 151 cm³/mol. The summed E-state index contributed by atoms with van der Waals surface area (Å²) in [6, 6.07) is 13.0. The fraction of sp³-hybridized carbons (Fsp3) is 0.448. The Morgan fingerprint density at radius 2 is 0.909 bits per heavy atom. The molecule has 2 aromatic carbocycles. The molecule has 0 heterocycles. The number of benzene rings is 2. The lowest BCUT2D eigenvalue weighted by molar-refractivity contribution is -0.137. The molecule has 15 heteroatoms. The van der Waals surface area contributed by atoms with Crippen LogP contribution in [-0.4, -0.2) is 34.0 Å². The van der Waals surface area contributed by atoms with E-state index in [2.05, 4.69) is 11.0 Å². The largest absolute Gasteiger partial charge is 0.416 e. The minimum Gasteiger partial charge on any atom is -0.380 e. The highest BCUT2D eigenvalue weighted by molar-refractivity contribution is 5.75. The number of nitrogens with one attached hydrogen (secondary N) is 4. The third-order valence-electron chi connectivity index (χ3n) is 5.86. The Morgan fingerprint density at radius 3 is 1.27 bits per heavy atom. The number of carbonyl (C=O) groups excluding carboxylic acids is 4. The molecule has 0 fully saturated rings. The topological polar surface area (TPSA) is 175 Å². The zero-order chi connectivity index (χ0) is 32.6. The van der Waals surface area contributed by atoms with Crippen LogP contribution in [0.25, 0.3) is 0 Å². The Labute approximate surface area is 253 Å². The van der Waals surface area contributed by atoms with Gasteiger partial charge in [0.05, 0.1) is 5.56 Å². The molecule has 44 heavy (non-hydrogen) atoms. The van der Waals surface area contributed by atoms with Gasteiger partial charge >= 0.3 is 6.18 Å². The summed E-state index contributed by atoms with van der Waals surface area (Å²) in [5, 5.41) is 16.6. The standard InChI is InChI=1S/C15H19F3N2O4.C14H20N2O4/c16-15(17,18)11-7-9-12(10-8-11)24-20-14(22)6-4-2-1-3-5-13(21)19-23;17-13(15-19)10-6-1-2-7-11-14(18)16-20-12-8-4-3-5-9-12/h7-10,23H,1-6H2,(H,19,21)(H,20,22);3-5,8-9,19H,1-2,6-7,10-11H2,(H,15,17)(H,16,18). The van der Waals surface area contributed by atoms with E-state index in [-0.39, 0.29) is 36.3 Å². The van der Waals surface area contributed by atoms with Gasteiger partial charge in [-0.15, -0.1) is 0 Å². The van der Waals surface area contributed by atoms with Gasteiger partial charge in [-0.1, -0.05) is 43.9 Å². The molecule has 0 unspecified atom stereocenters. The minimum absolute atomic E-state index is 0.103. The van der Waals surface area contributed by atoms with E-state index in [4.69, 9.17) is 20.1 Å². The van der Waals surface area contributed by atoms with Gasteiger partial charge in [0, 0.05) is 25.7 Å². The van der Waals surface area contributed by atoms with Gasteiger partial charge in [0.25, 0.3) is 11.8 Å². The Balaban J connectivity index is 0.000000447. The van der Waals surface area contributed by atoms with Gasteiger partial charge < -0.3 is 9.68 Å². The molecule has 12 nitrogen and oxygen atoms in total. The van der Waals surface area contributed by atoms with Crippen LogP contribution in [0.4, 0.5) is 13.2 Å². The molecule has 0 atom stereocenters. The van der Waals surface area contributed by atoms with Crippen molar-refractivity contribution in [3.63, 3.8) is 0 Å². The summed E-state index contributed by atoms with van der Waals surface area (Å²) in [6.07, 6.45) is 2.51. The summed E-state index contributed by atoms with van der Waals surface area (Å²) < 4.78 is 37.1. The van der Waals surface area contributed by atoms with Gasteiger partial charge in [0.1, 0.15) is 0 Å². The van der Waals surface area contributed by atoms with Gasteiger partial charge in [-0.3, -0.25) is 29.6 Å². The van der Waals surface area contributed by atoms with E-state index in [1.54, 1.807) is 17.6 Å². The second-order valence-electron chi connectivity index (χ2n) is 9.49. The lowest BCUT2D eigenvalue weighted by Gasteiger charge is -2.09. The summed E-state index contributed by atoms with van der Waals surface area (Å²) in [5.41, 5.74) is 6.87. The summed E-state index contributed by atoms with van der Waals surface area (Å²) in [4.78, 5) is 54.5. The van der Waals surface area contributed by atoms with Gasteiger partial charge in [-0.2, -0.15) is 24.1 Å². The molecule has 0 spiro atoms. The number of hydrogen-bond acceptors (Lipinski definition) is 8. The maximum atomic E-state index is 12.4. The number of halogens is 3. The van der Waals surface area contributed by atoms with Crippen molar-refractivity contribution in [2.24, 2.45) is 0 Å². The van der Waals surface area contributed by atoms with Crippen LogP contribution in [0.1, 0.15) is 82.6 Å². The van der Waals surface area contributed by atoms with E-state index in [9.17, 15) is 32.3 Å². The van der Waals surface area contributed by atoms with Crippen LogP contribution in [0.15, 0.2) is 54.6 Å². The predicted octanol–water partition coefficient (Wildman–Crippen LogP) is 4.90. The highest BCUT2D eigenvalue weighted by Gasteiger charge is 2.30. The van der Waals surface area contributed by atoms with E-state index in [1.807, 2.05) is 18.2 Å². The number of hydrogen-bond donors (Lipinski definition) is 6. The third kappa shape index (κ3) is 18.9. The third-order valence-corrected chi connectivity index (χ3v) is 5.86. The molecular formula is C29H39F3N4O8. The van der Waals surface area contributed by atoms with Crippen LogP contribution in [0, 0.1) is 0 Å². The number of amides is 4. The average molecular weight is 629 g/mol. The normalized spacial score (nSPS) is 10.5. The van der Waals surface area contributed by atoms with E-state index >= 15 is 0 Å². The van der Waals surface area contributed by atoms with Crippen molar-refractivity contribution in [2.45, 2.75) is 83.2 Å². The minimum atomic E-state index is -4.42. The molecule has 0 saturated heterocycles. The monoisotopic (exact) mass is 628 g/mol. The number of rotatable bonds is 18. The van der Waals surface area contributed by atoms with Crippen LogP contribution in [0.5, 0.6) is 11.5 Å². The van der Waals surface area contributed by atoms with Crippen molar-refractivity contribution in [3.05, 3.63) is 60.2 Å². The highest BCUT2D eigenvalue weighted by atomic mass is 19.4. The first-order chi connectivity index (χ1) is 21.0. The van der Waals surface area contributed by atoms with E-state index in [1.165, 1.54) is 5.48 Å². The van der Waals surface area contributed by atoms with E-state index < -0.39 is 17.6 Å². The van der Waals surface area contributed by atoms with Crippen molar-refractivity contribution in [3.8, 4) is 11.5 Å². The Hall–Kier alpha value is -4.37. The second kappa shape index (κ2) is 22.2. The van der Waals surface area contributed by atoms with Crippen LogP contribution >= 0.6 is 0 Å². The van der Waals surface area contributed by atoms with Crippen LogP contribution < -0.4 is 31.6 Å². The molecule has 0 saturated carbocycles. The maximum absolute atomic E-state index is 12.4. The molecule has 0 aromatic heterocycles. The first-order valence-electron chi connectivity index (χ1n) is 14.0. The summed E-state index contributed by atoms with van der Waals surface area (Å²) in [6.45, 7) is 0. The Kier molecular flexibility index (Phi) is 19.0. The molecular weight excluding hydrogens is 589 g/mol. The summed E-state index contributed by atoms with van der Waals surface area (Å²) in [5.74, 6) is -0.677. The fourth-order valence-corrected chi connectivity index (χ4v) is 3.50. The summed E-state index contributed by atoms with van der Waals surface area (Å²) >= 11 is 0. The van der Waals surface area contributed by atoms with Crippen LogP contribution in [0.3, 0.4) is 0 Å². The molecule has 6 N–H and O–H groups in total. The number of unbranched alkanes of at least 4 members (excludes halogenated alkanes) is 6. The quantitative estimate of drug-likeness (QED) is 0.0767. The summed E-state index contributed by atoms with van der Waals surface area (Å²) in [7, 11) is 0. The molecule has 0 aliphatic carbocycles. The second-order valence-corrected chi connectivity index (χ2v) is 9.49. The van der Waals surface area contributed by atoms with Gasteiger partial charge in [-0.25, -0.2) is 11.0 Å². The molecule has 2 aromatic rings. The first-order valence-corrected chi connectivity index (χ1v) is 14.0. The zero-order valence-corrected chi connectivity index (χ0v) is 24.2. The molecule has 0 radical (unpaired) electrons. The fourth-order valence-electron chi connectivity index (χ4n) is 3.50. The molecule has 0 bridgehead atoms. The maximum Gasteiger partial charge on any atom is 0.416 e. The van der Waals surface area contributed by atoms with Gasteiger partial charge in [0.2, 0.25) is 11.8 Å². The number of carbonyl (C=O) groups is 4. The lowest BCUT2D eigenvalue weighted by Crippen LogP contribution is -2.26. The number of alkyl halides is 3. The average Bonchev–Trinajstić information content (AvgIpc) is 3.02. The van der Waals surface area contributed by atoms with E-state index in [0.29, 0.717) is 37.9 Å². The zero-order valence-electron chi connectivity index (χ0n) is 24.2. The Bertz CT molecular complexity index is 1120. The van der Waals surface area contributed by atoms with Crippen LogP contribution in [0.2, 0.25) is 0 Å². The first kappa shape index (κ1) is 37.7. The van der Waals surface area contributed by atoms with Gasteiger partial charge in [0.15, 0.2) is 11.5 Å². The molecule has 0 aliphatic heterocycles. The smallest absolute Gasteiger partial charge is 0.380 e. The lowest BCUT2D eigenvalue weighted by atomic mass is 10.1. The van der Waals surface area contributed by atoms with Crippen molar-refractivity contribution in [1.82, 2.24) is 21.9 Å². The van der Waals surface area contributed by atoms with Crippen molar-refractivity contribution < 1.29 is 52.4 Å². The van der Waals surface area contributed by atoms with Crippen molar-refractivity contribution in [2.75, 3.05) is 0 Å². The molecule has 244 valence electrons. The molecule has 0 aliphatic rings. The highest BCUT2D eigenvalue weighted by Crippen LogP contribution is 2.30. The Morgan fingerprint density at radius 1 is 0.545 bits per heavy atom. The van der Waals surface area contributed by atoms with Crippen molar-refractivity contribution >= 4 is 23.6 Å². The van der Waals surface area contributed by atoms with Crippen molar-refractivity contribution in [1.29, 1.82) is 0 Å². The number of para-hydroxylation sites is 1. The van der Waals surface area contributed by atoms with Gasteiger partial charge in [-0.05, 0) is 62.1 Å². The molecule has 2 rings (SSSR count).